The number of rotatable bonds is 14. The van der Waals surface area contributed by atoms with Crippen LogP contribution in [0.5, 0.6) is 5.75 Å². The number of anilines is 1. The second kappa shape index (κ2) is 14.8. The van der Waals surface area contributed by atoms with Gasteiger partial charge in [-0.15, -0.1) is 0 Å². The number of benzene rings is 3. The van der Waals surface area contributed by atoms with Crippen molar-refractivity contribution in [2.75, 3.05) is 17.5 Å². The number of hydrogen-bond donors (Lipinski definition) is 1. The van der Waals surface area contributed by atoms with Crippen molar-refractivity contribution in [2.45, 2.75) is 71.0 Å². The maximum Gasteiger partial charge on any atom is 0.264 e. The molecule has 0 saturated carbocycles. The highest BCUT2D eigenvalue weighted by Gasteiger charge is 2.34. The molecular weight excluding hydrogens is 557 g/mol. The van der Waals surface area contributed by atoms with Gasteiger partial charge in [0.15, 0.2) is 0 Å². The zero-order valence-corrected chi connectivity index (χ0v) is 25.7. The van der Waals surface area contributed by atoms with Crippen molar-refractivity contribution in [1.82, 2.24) is 10.2 Å². The number of aryl methyl sites for hydroxylation is 1. The number of carbonyl (C=O) groups excluding carboxylic acids is 2. The minimum absolute atomic E-state index is 0.00359. The Balaban J connectivity index is 2.04. The van der Waals surface area contributed by atoms with E-state index in [2.05, 4.69) is 5.32 Å². The second-order valence-electron chi connectivity index (χ2n) is 10.1. The van der Waals surface area contributed by atoms with E-state index in [1.807, 2.05) is 27.7 Å². The maximum absolute atomic E-state index is 14.1. The standard InChI is InChI=1S/C32H40FN3O5S/c1-6-24(5)34-32(38)30(7-2)35(21-25-11-13-26(33)14-12-25)31(37)22-36(27-15-9-23(4)10-16-27)42(39,40)29-19-17-28(18-20-29)41-8-3/h9-20,24,30H,6-8,21-22H2,1-5H3,(H,34,38)/t24-,30+/m0/s1. The Kier molecular flexibility index (Phi) is 11.5. The lowest BCUT2D eigenvalue weighted by atomic mass is 10.1. The molecule has 0 radical (unpaired) electrons. The Morgan fingerprint density at radius 1 is 0.905 bits per heavy atom. The van der Waals surface area contributed by atoms with E-state index < -0.39 is 34.3 Å². The maximum atomic E-state index is 14.1. The molecule has 0 spiro atoms. The Hall–Kier alpha value is -3.92. The minimum Gasteiger partial charge on any atom is -0.494 e. The van der Waals surface area contributed by atoms with Crippen molar-refractivity contribution < 1.29 is 27.1 Å². The van der Waals surface area contributed by atoms with Crippen LogP contribution in [0.3, 0.4) is 0 Å². The molecule has 3 aromatic carbocycles. The molecular formula is C32H40FN3O5S. The average molecular weight is 598 g/mol. The van der Waals surface area contributed by atoms with Gasteiger partial charge >= 0.3 is 0 Å². The van der Waals surface area contributed by atoms with Crippen LogP contribution in [0.4, 0.5) is 10.1 Å². The molecule has 0 aliphatic rings. The SMILES string of the molecule is CCOc1ccc(S(=O)(=O)N(CC(=O)N(Cc2ccc(F)cc2)[C@H](CC)C(=O)N[C@@H](C)CC)c2ccc(C)cc2)cc1. The third-order valence-corrected chi connectivity index (χ3v) is 8.76. The Labute approximate surface area is 248 Å². The zero-order valence-electron chi connectivity index (χ0n) is 24.8. The monoisotopic (exact) mass is 597 g/mol. The molecule has 0 saturated heterocycles. The van der Waals surface area contributed by atoms with Crippen LogP contribution in [-0.4, -0.2) is 50.4 Å². The predicted molar refractivity (Wildman–Crippen MR) is 162 cm³/mol. The highest BCUT2D eigenvalue weighted by Crippen LogP contribution is 2.26. The smallest absolute Gasteiger partial charge is 0.264 e. The summed E-state index contributed by atoms with van der Waals surface area (Å²) >= 11 is 0. The fourth-order valence-corrected chi connectivity index (χ4v) is 5.80. The number of halogens is 1. The van der Waals surface area contributed by atoms with Crippen molar-refractivity contribution in [1.29, 1.82) is 0 Å². The van der Waals surface area contributed by atoms with E-state index in [-0.39, 0.29) is 23.4 Å². The third kappa shape index (κ3) is 8.31. The molecule has 2 atom stereocenters. The van der Waals surface area contributed by atoms with Crippen molar-refractivity contribution >= 4 is 27.5 Å². The van der Waals surface area contributed by atoms with Crippen LogP contribution >= 0.6 is 0 Å². The summed E-state index contributed by atoms with van der Waals surface area (Å²) in [6, 6.07) is 17.5. The first kappa shape index (κ1) is 32.6. The van der Waals surface area contributed by atoms with Crippen molar-refractivity contribution in [3.63, 3.8) is 0 Å². The lowest BCUT2D eigenvalue weighted by molar-refractivity contribution is -0.140. The number of amides is 2. The normalized spacial score (nSPS) is 12.7. The molecule has 0 unspecified atom stereocenters. The van der Waals surface area contributed by atoms with Crippen molar-refractivity contribution in [2.24, 2.45) is 0 Å². The lowest BCUT2D eigenvalue weighted by Crippen LogP contribution is -2.53. The van der Waals surface area contributed by atoms with Gasteiger partial charge in [0.05, 0.1) is 17.2 Å². The van der Waals surface area contributed by atoms with Gasteiger partial charge in [0.1, 0.15) is 24.2 Å². The van der Waals surface area contributed by atoms with Gasteiger partial charge in [-0.05, 0) is 87.7 Å². The average Bonchev–Trinajstić information content (AvgIpc) is 2.97. The number of sulfonamides is 1. The summed E-state index contributed by atoms with van der Waals surface area (Å²) in [5.41, 5.74) is 1.84. The van der Waals surface area contributed by atoms with Crippen LogP contribution in [-0.2, 0) is 26.2 Å². The van der Waals surface area contributed by atoms with Crippen LogP contribution in [0.15, 0.2) is 77.7 Å². The molecule has 0 bridgehead atoms. The molecule has 0 heterocycles. The van der Waals surface area contributed by atoms with E-state index in [9.17, 15) is 22.4 Å². The van der Waals surface area contributed by atoms with E-state index in [4.69, 9.17) is 4.74 Å². The summed E-state index contributed by atoms with van der Waals surface area (Å²) in [4.78, 5) is 28.8. The Bertz CT molecular complexity index is 1430. The zero-order chi connectivity index (χ0) is 30.9. The molecule has 3 rings (SSSR count). The Morgan fingerprint density at radius 3 is 2.07 bits per heavy atom. The largest absolute Gasteiger partial charge is 0.494 e. The lowest BCUT2D eigenvalue weighted by Gasteiger charge is -2.33. The van der Waals surface area contributed by atoms with Crippen LogP contribution < -0.4 is 14.4 Å². The van der Waals surface area contributed by atoms with Gasteiger partial charge in [0.25, 0.3) is 10.0 Å². The van der Waals surface area contributed by atoms with E-state index >= 15 is 0 Å². The molecule has 226 valence electrons. The summed E-state index contributed by atoms with van der Waals surface area (Å²) in [6.45, 7) is 9.21. The van der Waals surface area contributed by atoms with Gasteiger partial charge in [-0.1, -0.05) is 43.7 Å². The summed E-state index contributed by atoms with van der Waals surface area (Å²) < 4.78 is 48.1. The molecule has 0 aliphatic heterocycles. The van der Waals surface area contributed by atoms with Gasteiger partial charge in [0.2, 0.25) is 11.8 Å². The van der Waals surface area contributed by atoms with Gasteiger partial charge in [0, 0.05) is 12.6 Å². The van der Waals surface area contributed by atoms with Crippen LogP contribution in [0.2, 0.25) is 0 Å². The molecule has 42 heavy (non-hydrogen) atoms. The molecule has 0 fully saturated rings. The second-order valence-corrected chi connectivity index (χ2v) is 12.0. The summed E-state index contributed by atoms with van der Waals surface area (Å²) in [5.74, 6) is -0.803. The predicted octanol–water partition coefficient (Wildman–Crippen LogP) is 5.45. The highest BCUT2D eigenvalue weighted by molar-refractivity contribution is 7.92. The molecule has 1 N–H and O–H groups in total. The fourth-order valence-electron chi connectivity index (χ4n) is 4.39. The number of hydrogen-bond acceptors (Lipinski definition) is 5. The third-order valence-electron chi connectivity index (χ3n) is 6.98. The first-order valence-corrected chi connectivity index (χ1v) is 15.6. The molecule has 0 aromatic heterocycles. The molecule has 2 amide bonds. The van der Waals surface area contributed by atoms with Crippen molar-refractivity contribution in [3.05, 3.63) is 89.7 Å². The first-order chi connectivity index (χ1) is 20.0. The summed E-state index contributed by atoms with van der Waals surface area (Å²) in [5, 5.41) is 2.94. The van der Waals surface area contributed by atoms with Gasteiger partial charge in [-0.2, -0.15) is 0 Å². The molecule has 3 aromatic rings. The number of carbonyl (C=O) groups is 2. The molecule has 10 heteroatoms. The number of ether oxygens (including phenoxy) is 1. The minimum atomic E-state index is -4.20. The number of nitrogens with zero attached hydrogens (tertiary/aromatic N) is 2. The van der Waals surface area contributed by atoms with Gasteiger partial charge in [-0.25, -0.2) is 12.8 Å². The first-order valence-electron chi connectivity index (χ1n) is 14.2. The van der Waals surface area contributed by atoms with Crippen LogP contribution in [0, 0.1) is 12.7 Å². The van der Waals surface area contributed by atoms with Crippen LogP contribution in [0.25, 0.3) is 0 Å². The van der Waals surface area contributed by atoms with Gasteiger partial charge < -0.3 is 15.0 Å². The van der Waals surface area contributed by atoms with E-state index in [0.717, 1.165) is 9.87 Å². The van der Waals surface area contributed by atoms with E-state index in [1.165, 1.54) is 29.2 Å². The van der Waals surface area contributed by atoms with Gasteiger partial charge in [-0.3, -0.25) is 13.9 Å². The van der Waals surface area contributed by atoms with E-state index in [0.29, 0.717) is 36.4 Å². The van der Waals surface area contributed by atoms with Crippen LogP contribution in [0.1, 0.15) is 51.7 Å². The summed E-state index contributed by atoms with van der Waals surface area (Å²) in [6.07, 6.45) is 1.00. The quantitative estimate of drug-likeness (QED) is 0.267. The highest BCUT2D eigenvalue weighted by atomic mass is 32.2. The Morgan fingerprint density at radius 2 is 1.52 bits per heavy atom. The topological polar surface area (TPSA) is 96.0 Å². The van der Waals surface area contributed by atoms with Crippen molar-refractivity contribution in [3.8, 4) is 5.75 Å². The summed E-state index contributed by atoms with van der Waals surface area (Å²) in [7, 11) is -4.20. The fraction of sp³-hybridized carbons (Fsp3) is 0.375. The number of nitrogens with one attached hydrogen (secondary N) is 1. The molecule has 8 nitrogen and oxygen atoms in total. The molecule has 0 aliphatic carbocycles. The van der Waals surface area contributed by atoms with E-state index in [1.54, 1.807) is 55.5 Å².